The maximum atomic E-state index is 12.3. The molecular formula is C31H36N2O4Si. The number of nitrogens with zero attached hydrogens (tertiary/aromatic N) is 2. The molecule has 1 aromatic heterocycles. The van der Waals surface area contributed by atoms with E-state index in [1.807, 2.05) is 31.2 Å². The SMILES string of the molecule is CCc1cc(O[Si](c2ccccc2)(c2ccccc2)C(C)(C)C)cc2c1c(C(=O)O)nn2C1CCCCO1. The lowest BCUT2D eigenvalue weighted by atomic mass is 10.0. The van der Waals surface area contributed by atoms with Gasteiger partial charge in [-0.25, -0.2) is 9.48 Å². The van der Waals surface area contributed by atoms with Crippen LogP contribution in [0.5, 0.6) is 5.75 Å². The van der Waals surface area contributed by atoms with Gasteiger partial charge in [-0.05, 0) is 52.7 Å². The van der Waals surface area contributed by atoms with Crippen LogP contribution in [-0.2, 0) is 11.2 Å². The lowest BCUT2D eigenvalue weighted by Crippen LogP contribution is -2.68. The Morgan fingerprint density at radius 2 is 1.68 bits per heavy atom. The molecule has 1 fully saturated rings. The van der Waals surface area contributed by atoms with Crippen LogP contribution in [0.3, 0.4) is 0 Å². The second kappa shape index (κ2) is 10.4. The predicted molar refractivity (Wildman–Crippen MR) is 153 cm³/mol. The Morgan fingerprint density at radius 1 is 1.05 bits per heavy atom. The van der Waals surface area contributed by atoms with Crippen LogP contribution in [0.1, 0.15) is 69.2 Å². The number of hydrogen-bond donors (Lipinski definition) is 1. The fourth-order valence-corrected chi connectivity index (χ4v) is 10.2. The van der Waals surface area contributed by atoms with Crippen molar-refractivity contribution in [3.63, 3.8) is 0 Å². The van der Waals surface area contributed by atoms with Crippen LogP contribution < -0.4 is 14.8 Å². The molecular weight excluding hydrogens is 492 g/mol. The van der Waals surface area contributed by atoms with Crippen molar-refractivity contribution in [1.82, 2.24) is 9.78 Å². The van der Waals surface area contributed by atoms with Crippen molar-refractivity contribution in [3.05, 3.63) is 84.1 Å². The average Bonchev–Trinajstić information content (AvgIpc) is 3.32. The van der Waals surface area contributed by atoms with Gasteiger partial charge in [0, 0.05) is 18.1 Å². The molecule has 0 saturated carbocycles. The van der Waals surface area contributed by atoms with Gasteiger partial charge in [0.15, 0.2) is 11.9 Å². The second-order valence-electron chi connectivity index (χ2n) is 11.0. The fraction of sp³-hybridized carbons (Fsp3) is 0.355. The number of hydrogen-bond acceptors (Lipinski definition) is 4. The largest absolute Gasteiger partial charge is 0.534 e. The molecule has 0 spiro atoms. The number of rotatable bonds is 7. The summed E-state index contributed by atoms with van der Waals surface area (Å²) in [6.07, 6.45) is 3.20. The van der Waals surface area contributed by atoms with Gasteiger partial charge in [-0.2, -0.15) is 5.10 Å². The topological polar surface area (TPSA) is 73.6 Å². The molecule has 6 nitrogen and oxygen atoms in total. The van der Waals surface area contributed by atoms with Crippen LogP contribution in [0.4, 0.5) is 0 Å². The Bertz CT molecular complexity index is 1380. The number of aromatic carboxylic acids is 1. The minimum absolute atomic E-state index is 0.0722. The van der Waals surface area contributed by atoms with Gasteiger partial charge in [-0.15, -0.1) is 0 Å². The number of ether oxygens (including phenoxy) is 1. The van der Waals surface area contributed by atoms with Gasteiger partial charge in [0.1, 0.15) is 5.75 Å². The highest BCUT2D eigenvalue weighted by Crippen LogP contribution is 2.40. The van der Waals surface area contributed by atoms with E-state index in [4.69, 9.17) is 9.16 Å². The van der Waals surface area contributed by atoms with Crippen molar-refractivity contribution >= 4 is 35.6 Å². The van der Waals surface area contributed by atoms with Crippen molar-refractivity contribution in [1.29, 1.82) is 0 Å². The lowest BCUT2D eigenvalue weighted by molar-refractivity contribution is -0.0368. The van der Waals surface area contributed by atoms with Gasteiger partial charge < -0.3 is 14.3 Å². The van der Waals surface area contributed by atoms with Crippen molar-refractivity contribution in [3.8, 4) is 5.75 Å². The summed E-state index contributed by atoms with van der Waals surface area (Å²) in [6.45, 7) is 9.44. The summed E-state index contributed by atoms with van der Waals surface area (Å²) in [7, 11) is -2.86. The molecule has 4 aromatic rings. The highest BCUT2D eigenvalue weighted by Gasteiger charge is 2.52. The standard InChI is InChI=1S/C31H36N2O4Si/c1-5-22-20-23(21-26-28(22)29(30(34)35)32-33(26)27-18-12-13-19-36-27)37-38(31(2,3)4,24-14-8-6-9-15-24)25-16-10-7-11-17-25/h6-11,14-17,20-21,27H,5,12-13,18-19H2,1-4H3,(H,34,35). The first-order valence-electron chi connectivity index (χ1n) is 13.5. The number of fused-ring (bicyclic) bond motifs is 1. The molecule has 1 saturated heterocycles. The van der Waals surface area contributed by atoms with Crippen molar-refractivity contribution in [2.75, 3.05) is 6.61 Å². The molecule has 0 bridgehead atoms. The Balaban J connectivity index is 1.75. The van der Waals surface area contributed by atoms with E-state index in [2.05, 4.69) is 74.4 Å². The molecule has 198 valence electrons. The monoisotopic (exact) mass is 528 g/mol. The summed E-state index contributed by atoms with van der Waals surface area (Å²) in [5.41, 5.74) is 1.74. The normalized spacial score (nSPS) is 16.5. The molecule has 0 radical (unpaired) electrons. The molecule has 0 amide bonds. The number of carboxylic acid groups (broad SMARTS) is 1. The summed E-state index contributed by atoms with van der Waals surface area (Å²) in [5, 5.41) is 17.5. The number of benzene rings is 3. The van der Waals surface area contributed by atoms with E-state index in [1.165, 1.54) is 10.4 Å². The minimum atomic E-state index is -2.86. The van der Waals surface area contributed by atoms with E-state index in [0.29, 0.717) is 18.4 Å². The van der Waals surface area contributed by atoms with E-state index in [1.54, 1.807) is 4.68 Å². The molecule has 1 atom stereocenters. The summed E-state index contributed by atoms with van der Waals surface area (Å²) in [5.74, 6) is -0.294. The first kappa shape index (κ1) is 26.2. The quantitative estimate of drug-likeness (QED) is 0.301. The summed E-state index contributed by atoms with van der Waals surface area (Å²) in [6, 6.07) is 25.1. The highest BCUT2D eigenvalue weighted by atomic mass is 28.4. The van der Waals surface area contributed by atoms with E-state index < -0.39 is 14.3 Å². The molecule has 1 aliphatic rings. The van der Waals surface area contributed by atoms with E-state index in [-0.39, 0.29) is 17.0 Å². The predicted octanol–water partition coefficient (Wildman–Crippen LogP) is 5.93. The van der Waals surface area contributed by atoms with Gasteiger partial charge >= 0.3 is 14.3 Å². The summed E-state index contributed by atoms with van der Waals surface area (Å²) >= 11 is 0. The number of aryl methyl sites for hydroxylation is 1. The highest BCUT2D eigenvalue weighted by molar-refractivity contribution is 7.00. The fourth-order valence-electron chi connectivity index (χ4n) is 5.77. The number of carboxylic acids is 1. The van der Waals surface area contributed by atoms with E-state index in [0.717, 1.165) is 36.1 Å². The zero-order chi connectivity index (χ0) is 26.9. The van der Waals surface area contributed by atoms with Crippen LogP contribution in [0, 0.1) is 0 Å². The molecule has 1 unspecified atom stereocenters. The molecule has 1 N–H and O–H groups in total. The van der Waals surface area contributed by atoms with Crippen LogP contribution in [-0.4, -0.2) is 35.8 Å². The van der Waals surface area contributed by atoms with E-state index in [9.17, 15) is 9.90 Å². The second-order valence-corrected chi connectivity index (χ2v) is 15.2. The molecule has 5 rings (SSSR count). The summed E-state index contributed by atoms with van der Waals surface area (Å²) in [4.78, 5) is 12.3. The molecule has 3 aromatic carbocycles. The number of aromatic nitrogens is 2. The molecule has 38 heavy (non-hydrogen) atoms. The van der Waals surface area contributed by atoms with Gasteiger partial charge in [-0.1, -0.05) is 88.4 Å². The van der Waals surface area contributed by atoms with Gasteiger partial charge in [0.2, 0.25) is 0 Å². The first-order valence-corrected chi connectivity index (χ1v) is 15.4. The number of carbonyl (C=O) groups is 1. The molecule has 7 heteroatoms. The van der Waals surface area contributed by atoms with Crippen molar-refractivity contribution in [2.24, 2.45) is 0 Å². The van der Waals surface area contributed by atoms with Gasteiger partial charge in [-0.3, -0.25) is 0 Å². The lowest BCUT2D eigenvalue weighted by Gasteiger charge is -2.43. The Kier molecular flexibility index (Phi) is 7.16. The van der Waals surface area contributed by atoms with Crippen molar-refractivity contribution < 1.29 is 19.1 Å². The van der Waals surface area contributed by atoms with Crippen LogP contribution in [0.2, 0.25) is 5.04 Å². The maximum Gasteiger partial charge on any atom is 0.357 e. The van der Waals surface area contributed by atoms with Crippen LogP contribution >= 0.6 is 0 Å². The Hall–Kier alpha value is -3.42. The zero-order valence-electron chi connectivity index (χ0n) is 22.6. The maximum absolute atomic E-state index is 12.3. The third kappa shape index (κ3) is 4.54. The third-order valence-electron chi connectivity index (χ3n) is 7.56. The summed E-state index contributed by atoms with van der Waals surface area (Å²) < 4.78 is 15.1. The Labute approximate surface area is 225 Å². The van der Waals surface area contributed by atoms with Crippen LogP contribution in [0.25, 0.3) is 10.9 Å². The van der Waals surface area contributed by atoms with Crippen molar-refractivity contribution in [2.45, 2.75) is 64.6 Å². The van der Waals surface area contributed by atoms with Gasteiger partial charge in [0.05, 0.1) is 5.52 Å². The first-order chi connectivity index (χ1) is 18.3. The molecule has 2 heterocycles. The average molecular weight is 529 g/mol. The van der Waals surface area contributed by atoms with Crippen LogP contribution in [0.15, 0.2) is 72.8 Å². The Morgan fingerprint density at radius 3 is 2.18 bits per heavy atom. The van der Waals surface area contributed by atoms with E-state index >= 15 is 0 Å². The molecule has 1 aliphatic heterocycles. The third-order valence-corrected chi connectivity index (χ3v) is 12.5. The molecule has 0 aliphatic carbocycles. The smallest absolute Gasteiger partial charge is 0.357 e. The zero-order valence-corrected chi connectivity index (χ0v) is 23.6. The van der Waals surface area contributed by atoms with Gasteiger partial charge in [0.25, 0.3) is 0 Å². The minimum Gasteiger partial charge on any atom is -0.534 e.